The monoisotopic (exact) mass is 90.0 g/mol. The third-order valence-electron chi connectivity index (χ3n) is 0.344. The van der Waals surface area contributed by atoms with Gasteiger partial charge in [-0.05, 0) is 6.42 Å². The van der Waals surface area contributed by atoms with E-state index in [-0.39, 0.29) is 0 Å². The van der Waals surface area contributed by atoms with E-state index in [9.17, 15) is 0 Å². The largest absolute Gasteiger partial charge is 0.115 e. The van der Waals surface area contributed by atoms with Crippen LogP contribution in [-0.2, 0) is 0 Å². The minimum Gasteiger partial charge on any atom is -0.115 e. The van der Waals surface area contributed by atoms with Crippen LogP contribution in [0.4, 0.5) is 0 Å². The Hall–Kier alpha value is 0.290. The minimum absolute atomic E-state index is 0.904. The SMILES string of the molecule is CCC[C]Cl. The van der Waals surface area contributed by atoms with Crippen molar-refractivity contribution in [3.63, 3.8) is 0 Å². The van der Waals surface area contributed by atoms with Crippen LogP contribution in [0.1, 0.15) is 19.8 Å². The van der Waals surface area contributed by atoms with Gasteiger partial charge in [0.1, 0.15) is 0 Å². The summed E-state index contributed by atoms with van der Waals surface area (Å²) in [5, 5.41) is 0. The van der Waals surface area contributed by atoms with Gasteiger partial charge in [-0.3, -0.25) is 0 Å². The standard InChI is InChI=1S/C4H7Cl/c1-2-3-4-5/h2-3H2,1H3. The van der Waals surface area contributed by atoms with Gasteiger partial charge in [0.25, 0.3) is 0 Å². The maximum atomic E-state index is 5.05. The third-order valence-corrected chi connectivity index (χ3v) is 0.533. The van der Waals surface area contributed by atoms with Gasteiger partial charge in [0.2, 0.25) is 0 Å². The highest BCUT2D eigenvalue weighted by Gasteiger charge is 1.72. The van der Waals surface area contributed by atoms with Gasteiger partial charge in [-0.2, -0.15) is 0 Å². The molecule has 0 bridgehead atoms. The van der Waals surface area contributed by atoms with E-state index in [1.807, 2.05) is 0 Å². The Labute approximate surface area is 38.1 Å². The first-order chi connectivity index (χ1) is 2.41. The molecule has 0 saturated heterocycles. The summed E-state index contributed by atoms with van der Waals surface area (Å²) >= 11 is 5.05. The van der Waals surface area contributed by atoms with Crippen LogP contribution in [0.15, 0.2) is 0 Å². The Morgan fingerprint density at radius 3 is 2.40 bits per heavy atom. The molecule has 30 valence electrons. The topological polar surface area (TPSA) is 0 Å². The second-order valence-electron chi connectivity index (χ2n) is 0.884. The molecule has 0 spiro atoms. The smallest absolute Gasteiger partial charge is 0.0864 e. The predicted molar refractivity (Wildman–Crippen MR) is 24.0 cm³/mol. The van der Waals surface area contributed by atoms with E-state index in [4.69, 9.17) is 11.6 Å². The van der Waals surface area contributed by atoms with Crippen molar-refractivity contribution in [2.75, 3.05) is 0 Å². The van der Waals surface area contributed by atoms with Crippen LogP contribution in [0.5, 0.6) is 0 Å². The summed E-state index contributed by atoms with van der Waals surface area (Å²) in [5.41, 5.74) is 0. The Morgan fingerprint density at radius 1 is 1.80 bits per heavy atom. The summed E-state index contributed by atoms with van der Waals surface area (Å²) in [6.07, 6.45) is 2.01. The quantitative estimate of drug-likeness (QED) is 0.487. The van der Waals surface area contributed by atoms with Crippen molar-refractivity contribution < 1.29 is 0 Å². The van der Waals surface area contributed by atoms with Crippen LogP contribution in [0.25, 0.3) is 0 Å². The second kappa shape index (κ2) is 4.29. The molecule has 0 nitrogen and oxygen atoms in total. The van der Waals surface area contributed by atoms with Crippen LogP contribution in [0, 0.1) is 5.88 Å². The molecule has 0 aliphatic rings. The van der Waals surface area contributed by atoms with Gasteiger partial charge in [0.05, 0.1) is 5.88 Å². The summed E-state index contributed by atoms with van der Waals surface area (Å²) in [6, 6.07) is 0. The molecule has 0 amide bonds. The highest BCUT2D eigenvalue weighted by molar-refractivity contribution is 6.22. The van der Waals surface area contributed by atoms with Crippen molar-refractivity contribution in [3.05, 3.63) is 5.88 Å². The van der Waals surface area contributed by atoms with Gasteiger partial charge >= 0.3 is 0 Å². The molecule has 0 heterocycles. The lowest BCUT2D eigenvalue weighted by molar-refractivity contribution is 0.942. The van der Waals surface area contributed by atoms with Gasteiger partial charge in [0, 0.05) is 0 Å². The number of hydrogen-bond acceptors (Lipinski definition) is 0. The summed E-state index contributed by atoms with van der Waals surface area (Å²) in [5.74, 6) is 2.49. The van der Waals surface area contributed by atoms with Gasteiger partial charge in [0.15, 0.2) is 0 Å². The summed E-state index contributed by atoms with van der Waals surface area (Å²) < 4.78 is 0. The summed E-state index contributed by atoms with van der Waals surface area (Å²) in [6.45, 7) is 2.06. The Bertz CT molecular complexity index is 11.1. The first-order valence-corrected chi connectivity index (χ1v) is 2.13. The van der Waals surface area contributed by atoms with E-state index in [1.54, 1.807) is 0 Å². The molecule has 0 aliphatic carbocycles. The molecule has 0 fully saturated rings. The first-order valence-electron chi connectivity index (χ1n) is 1.75. The fourth-order valence-corrected chi connectivity index (χ4v) is 0.283. The molecule has 1 heteroatoms. The van der Waals surface area contributed by atoms with Crippen molar-refractivity contribution >= 4 is 11.6 Å². The molecule has 2 radical (unpaired) electrons. The van der Waals surface area contributed by atoms with Gasteiger partial charge in [-0.25, -0.2) is 0 Å². The average Bonchev–Trinajstić information content (AvgIpc) is 1.41. The molecule has 0 N–H and O–H groups in total. The van der Waals surface area contributed by atoms with E-state index in [1.165, 1.54) is 0 Å². The first kappa shape index (κ1) is 5.29. The molecule has 0 aromatic carbocycles. The van der Waals surface area contributed by atoms with Gasteiger partial charge < -0.3 is 0 Å². The molecular weight excluding hydrogens is 83.5 g/mol. The zero-order valence-electron chi connectivity index (χ0n) is 3.29. The van der Waals surface area contributed by atoms with E-state index in [2.05, 4.69) is 12.8 Å². The summed E-state index contributed by atoms with van der Waals surface area (Å²) in [4.78, 5) is 0. The molecule has 0 unspecified atom stereocenters. The third kappa shape index (κ3) is 4.29. The molecule has 0 atom stereocenters. The number of rotatable bonds is 2. The molecule has 0 aromatic heterocycles. The lowest BCUT2D eigenvalue weighted by Crippen LogP contribution is -1.57. The van der Waals surface area contributed by atoms with Crippen molar-refractivity contribution in [2.24, 2.45) is 0 Å². The van der Waals surface area contributed by atoms with Crippen LogP contribution >= 0.6 is 11.6 Å². The zero-order chi connectivity index (χ0) is 4.12. The van der Waals surface area contributed by atoms with Crippen LogP contribution in [-0.4, -0.2) is 0 Å². The van der Waals surface area contributed by atoms with Gasteiger partial charge in [-0.15, -0.1) is 11.6 Å². The van der Waals surface area contributed by atoms with Crippen molar-refractivity contribution in [2.45, 2.75) is 19.8 Å². The molecule has 0 rings (SSSR count). The van der Waals surface area contributed by atoms with Crippen molar-refractivity contribution in [3.8, 4) is 0 Å². The lowest BCUT2D eigenvalue weighted by atomic mass is 10.4. The Kier molecular flexibility index (Phi) is 4.54. The van der Waals surface area contributed by atoms with Crippen LogP contribution in [0.2, 0.25) is 0 Å². The fourth-order valence-electron chi connectivity index (χ4n) is 0.0945. The number of unbranched alkanes of at least 4 members (excludes halogenated alkanes) is 1. The average molecular weight is 90.6 g/mol. The Balaban J connectivity index is 2.19. The fraction of sp³-hybridized carbons (Fsp3) is 0.750. The maximum Gasteiger partial charge on any atom is 0.0864 e. The highest BCUT2D eigenvalue weighted by atomic mass is 35.5. The van der Waals surface area contributed by atoms with Crippen LogP contribution < -0.4 is 0 Å². The minimum atomic E-state index is 0.904. The van der Waals surface area contributed by atoms with E-state index >= 15 is 0 Å². The molecule has 5 heavy (non-hydrogen) atoms. The predicted octanol–water partition coefficient (Wildman–Crippen LogP) is 2.06. The van der Waals surface area contributed by atoms with Crippen LogP contribution in [0.3, 0.4) is 0 Å². The lowest BCUT2D eigenvalue weighted by Gasteiger charge is -1.75. The normalized spacial score (nSPS) is 8.40. The van der Waals surface area contributed by atoms with Gasteiger partial charge in [-0.1, -0.05) is 13.3 Å². The molecule has 0 aliphatic heterocycles. The number of hydrogen-bond donors (Lipinski definition) is 0. The van der Waals surface area contributed by atoms with Crippen molar-refractivity contribution in [1.82, 2.24) is 0 Å². The van der Waals surface area contributed by atoms with E-state index < -0.39 is 0 Å². The summed E-state index contributed by atoms with van der Waals surface area (Å²) in [7, 11) is 0. The molecular formula is C4H7Cl. The maximum absolute atomic E-state index is 5.05. The Morgan fingerprint density at radius 2 is 2.40 bits per heavy atom. The zero-order valence-corrected chi connectivity index (χ0v) is 4.05. The molecule has 0 saturated carbocycles. The van der Waals surface area contributed by atoms with Crippen molar-refractivity contribution in [1.29, 1.82) is 0 Å². The highest BCUT2D eigenvalue weighted by Crippen LogP contribution is 1.93. The molecule has 0 aromatic rings. The van der Waals surface area contributed by atoms with E-state index in [0.29, 0.717) is 0 Å². The second-order valence-corrected chi connectivity index (χ2v) is 1.15. The van der Waals surface area contributed by atoms with E-state index in [0.717, 1.165) is 12.8 Å². The number of halogens is 1.